The maximum absolute atomic E-state index is 12.5. The summed E-state index contributed by atoms with van der Waals surface area (Å²) < 4.78 is 11.2. The first kappa shape index (κ1) is 19.5. The van der Waals surface area contributed by atoms with Crippen LogP contribution in [0.1, 0.15) is 58.4 Å². The van der Waals surface area contributed by atoms with Crippen LogP contribution in [0.4, 0.5) is 5.69 Å². The van der Waals surface area contributed by atoms with Gasteiger partial charge in [0.15, 0.2) is 0 Å². The molecule has 0 aliphatic carbocycles. The van der Waals surface area contributed by atoms with Gasteiger partial charge in [0.05, 0.1) is 6.61 Å². The summed E-state index contributed by atoms with van der Waals surface area (Å²) >= 11 is 0. The molecular weight excluding hydrogens is 290 g/mol. The molecule has 1 N–H and O–H groups in total. The van der Waals surface area contributed by atoms with Gasteiger partial charge >= 0.3 is 0 Å². The van der Waals surface area contributed by atoms with Crippen LogP contribution in [0.3, 0.4) is 0 Å². The van der Waals surface area contributed by atoms with Crippen LogP contribution in [0.15, 0.2) is 18.2 Å². The third kappa shape index (κ3) is 5.87. The predicted octanol–water partition coefficient (Wildman–Crippen LogP) is 4.71. The molecule has 1 atom stereocenters. The summed E-state index contributed by atoms with van der Waals surface area (Å²) in [6, 6.07) is 5.73. The molecule has 0 heterocycles. The molecule has 23 heavy (non-hydrogen) atoms. The van der Waals surface area contributed by atoms with E-state index < -0.39 is 5.60 Å². The summed E-state index contributed by atoms with van der Waals surface area (Å²) in [5, 5.41) is 2.96. The average Bonchev–Trinajstić information content (AvgIpc) is 2.54. The molecular formula is C19H31NO3. The fourth-order valence-electron chi connectivity index (χ4n) is 2.30. The molecule has 0 bridgehead atoms. The summed E-state index contributed by atoms with van der Waals surface area (Å²) in [6.45, 7) is 8.80. The molecule has 1 aromatic carbocycles. The van der Waals surface area contributed by atoms with Crippen molar-refractivity contribution in [3.63, 3.8) is 0 Å². The lowest BCUT2D eigenvalue weighted by molar-refractivity contribution is -0.136. The van der Waals surface area contributed by atoms with Gasteiger partial charge in [-0.25, -0.2) is 0 Å². The molecule has 4 nitrogen and oxygen atoms in total. The number of anilines is 1. The molecule has 1 aromatic rings. The fourth-order valence-corrected chi connectivity index (χ4v) is 2.30. The Kier molecular flexibility index (Phi) is 8.10. The minimum atomic E-state index is -0.791. The molecule has 4 heteroatoms. The van der Waals surface area contributed by atoms with Gasteiger partial charge in [0.25, 0.3) is 5.91 Å². The number of methoxy groups -OCH3 is 1. The van der Waals surface area contributed by atoms with E-state index in [0.29, 0.717) is 6.42 Å². The van der Waals surface area contributed by atoms with Crippen LogP contribution in [-0.2, 0) is 9.53 Å². The number of rotatable bonds is 10. The molecule has 0 aliphatic rings. The first-order chi connectivity index (χ1) is 11.0. The molecule has 130 valence electrons. The maximum atomic E-state index is 12.5. The van der Waals surface area contributed by atoms with Crippen molar-refractivity contribution in [2.75, 3.05) is 19.0 Å². The molecule has 1 unspecified atom stereocenters. The van der Waals surface area contributed by atoms with Gasteiger partial charge in [0.1, 0.15) is 11.4 Å². The van der Waals surface area contributed by atoms with E-state index in [1.54, 1.807) is 7.11 Å². The van der Waals surface area contributed by atoms with Gasteiger partial charge in [0, 0.05) is 12.8 Å². The Morgan fingerprint density at radius 1 is 1.22 bits per heavy atom. The molecule has 0 saturated carbocycles. The Balaban J connectivity index is 2.72. The normalized spacial score (nSPS) is 13.4. The van der Waals surface area contributed by atoms with E-state index in [0.717, 1.165) is 49.3 Å². The van der Waals surface area contributed by atoms with Crippen molar-refractivity contribution in [1.29, 1.82) is 0 Å². The third-order valence-corrected chi connectivity index (χ3v) is 4.13. The van der Waals surface area contributed by atoms with Crippen LogP contribution in [-0.4, -0.2) is 25.2 Å². The zero-order valence-corrected chi connectivity index (χ0v) is 15.2. The summed E-state index contributed by atoms with van der Waals surface area (Å²) in [4.78, 5) is 12.5. The lowest BCUT2D eigenvalue weighted by Gasteiger charge is -2.27. The van der Waals surface area contributed by atoms with Crippen molar-refractivity contribution in [2.24, 2.45) is 0 Å². The Hall–Kier alpha value is -1.55. The summed E-state index contributed by atoms with van der Waals surface area (Å²) in [7, 11) is 1.59. The average molecular weight is 321 g/mol. The van der Waals surface area contributed by atoms with Crippen molar-refractivity contribution in [2.45, 2.75) is 65.4 Å². The lowest BCUT2D eigenvalue weighted by Crippen LogP contribution is -2.41. The number of unbranched alkanes of at least 4 members (excludes halogenated alkanes) is 2. The maximum Gasteiger partial charge on any atom is 0.256 e. The summed E-state index contributed by atoms with van der Waals surface area (Å²) in [6.07, 6.45) is 4.86. The fraction of sp³-hybridized carbons (Fsp3) is 0.632. The van der Waals surface area contributed by atoms with Gasteiger partial charge in [0.2, 0.25) is 0 Å². The number of ether oxygens (including phenoxy) is 2. The van der Waals surface area contributed by atoms with E-state index in [1.165, 1.54) is 0 Å². The Morgan fingerprint density at radius 2 is 1.91 bits per heavy atom. The highest BCUT2D eigenvalue weighted by molar-refractivity contribution is 5.97. The molecule has 0 aromatic heterocycles. The second-order valence-electron chi connectivity index (χ2n) is 6.17. The van der Waals surface area contributed by atoms with Crippen molar-refractivity contribution in [3.05, 3.63) is 23.8 Å². The van der Waals surface area contributed by atoms with Crippen LogP contribution >= 0.6 is 0 Å². The first-order valence-electron chi connectivity index (χ1n) is 8.57. The molecule has 0 saturated heterocycles. The van der Waals surface area contributed by atoms with Gasteiger partial charge in [-0.2, -0.15) is 0 Å². The number of hydrogen-bond acceptors (Lipinski definition) is 3. The van der Waals surface area contributed by atoms with Gasteiger partial charge in [-0.15, -0.1) is 0 Å². The van der Waals surface area contributed by atoms with Crippen LogP contribution in [0.5, 0.6) is 5.75 Å². The number of amides is 1. The second-order valence-corrected chi connectivity index (χ2v) is 6.17. The Morgan fingerprint density at radius 3 is 2.48 bits per heavy atom. The molecule has 1 amide bonds. The monoisotopic (exact) mass is 321 g/mol. The SMILES string of the molecule is CCCCOc1ccc(NC(=O)C(C)(CCCC)OC)cc1C. The minimum absolute atomic E-state index is 0.104. The topological polar surface area (TPSA) is 47.6 Å². The number of aryl methyl sites for hydroxylation is 1. The van der Waals surface area contributed by atoms with Crippen LogP contribution in [0.2, 0.25) is 0 Å². The first-order valence-corrected chi connectivity index (χ1v) is 8.57. The van der Waals surface area contributed by atoms with Crippen molar-refractivity contribution in [1.82, 2.24) is 0 Å². The van der Waals surface area contributed by atoms with Gasteiger partial charge in [-0.3, -0.25) is 4.79 Å². The highest BCUT2D eigenvalue weighted by Gasteiger charge is 2.32. The zero-order valence-electron chi connectivity index (χ0n) is 15.2. The number of carbonyl (C=O) groups excluding carboxylic acids is 1. The van der Waals surface area contributed by atoms with Gasteiger partial charge in [-0.1, -0.05) is 33.1 Å². The molecule has 0 radical (unpaired) electrons. The minimum Gasteiger partial charge on any atom is -0.493 e. The van der Waals surface area contributed by atoms with E-state index in [-0.39, 0.29) is 5.91 Å². The van der Waals surface area contributed by atoms with E-state index in [2.05, 4.69) is 19.2 Å². The number of hydrogen-bond donors (Lipinski definition) is 1. The Bertz CT molecular complexity index is 501. The molecule has 1 rings (SSSR count). The number of benzene rings is 1. The van der Waals surface area contributed by atoms with Crippen molar-refractivity contribution >= 4 is 11.6 Å². The lowest BCUT2D eigenvalue weighted by atomic mass is 9.97. The number of nitrogens with one attached hydrogen (secondary N) is 1. The van der Waals surface area contributed by atoms with Crippen LogP contribution in [0.25, 0.3) is 0 Å². The standard InChI is InChI=1S/C19H31NO3/c1-6-8-12-19(4,22-5)18(21)20-16-10-11-17(15(3)14-16)23-13-9-7-2/h10-11,14H,6-9,12-13H2,1-5H3,(H,20,21). The van der Waals surface area contributed by atoms with Gasteiger partial charge < -0.3 is 14.8 Å². The largest absolute Gasteiger partial charge is 0.493 e. The van der Waals surface area contributed by atoms with Gasteiger partial charge in [-0.05, 0) is 50.5 Å². The highest BCUT2D eigenvalue weighted by Crippen LogP contribution is 2.25. The highest BCUT2D eigenvalue weighted by atomic mass is 16.5. The van der Waals surface area contributed by atoms with E-state index in [9.17, 15) is 4.79 Å². The van der Waals surface area contributed by atoms with Crippen LogP contribution in [0, 0.1) is 6.92 Å². The summed E-state index contributed by atoms with van der Waals surface area (Å²) in [5.74, 6) is 0.768. The zero-order chi connectivity index (χ0) is 17.3. The molecule has 0 fully saturated rings. The summed E-state index contributed by atoms with van der Waals surface area (Å²) in [5.41, 5.74) is 1.00. The van der Waals surface area contributed by atoms with E-state index in [4.69, 9.17) is 9.47 Å². The van der Waals surface area contributed by atoms with Crippen LogP contribution < -0.4 is 10.1 Å². The number of carbonyl (C=O) groups is 1. The van der Waals surface area contributed by atoms with Crippen molar-refractivity contribution in [3.8, 4) is 5.75 Å². The predicted molar refractivity (Wildman–Crippen MR) is 95.2 cm³/mol. The Labute approximate surface area is 140 Å². The van der Waals surface area contributed by atoms with E-state index in [1.807, 2.05) is 32.0 Å². The second kappa shape index (κ2) is 9.56. The quantitative estimate of drug-likeness (QED) is 0.635. The molecule has 0 aliphatic heterocycles. The van der Waals surface area contributed by atoms with Crippen molar-refractivity contribution < 1.29 is 14.3 Å². The molecule has 0 spiro atoms. The third-order valence-electron chi connectivity index (χ3n) is 4.13. The smallest absolute Gasteiger partial charge is 0.256 e. The van der Waals surface area contributed by atoms with E-state index >= 15 is 0 Å².